The van der Waals surface area contributed by atoms with E-state index in [1.54, 1.807) is 67.6 Å². The molecule has 1 aromatic heterocycles. The zero-order valence-corrected chi connectivity index (χ0v) is 28.6. The Hall–Kier alpha value is -4.06. The number of carbonyl (C=O) groups excluding carboxylic acids is 4. The Bertz CT molecular complexity index is 1630. The summed E-state index contributed by atoms with van der Waals surface area (Å²) in [7, 11) is -1.55. The number of aryl methyl sites for hydroxylation is 1. The van der Waals surface area contributed by atoms with Crippen molar-refractivity contribution in [2.45, 2.75) is 49.7 Å². The number of nitrogens with zero attached hydrogens (tertiary/aromatic N) is 1. The molecule has 3 rings (SSSR count). The molecule has 1 heterocycles. The van der Waals surface area contributed by atoms with Gasteiger partial charge in [-0.1, -0.05) is 60.7 Å². The number of nitrogens with one attached hydrogen (secondary N) is 3. The third kappa shape index (κ3) is 11.9. The van der Waals surface area contributed by atoms with Gasteiger partial charge in [-0.2, -0.15) is 8.42 Å². The first-order valence-electron chi connectivity index (χ1n) is 14.8. The van der Waals surface area contributed by atoms with Crippen molar-refractivity contribution in [1.82, 2.24) is 20.9 Å². The SMILES string of the molecule is COC[C@H](NC(=O)c1cnc(C)s1)C(=O)N[C@@H](COC)C(=O)N[C@@H](Cc1ccccc1)C(=O)[C@](C)(O)COS(=O)(=O)Cc1ccccc1. The van der Waals surface area contributed by atoms with Crippen LogP contribution in [0.25, 0.3) is 0 Å². The van der Waals surface area contributed by atoms with Crippen LogP contribution >= 0.6 is 11.3 Å². The molecule has 48 heavy (non-hydrogen) atoms. The topological polar surface area (TPSA) is 199 Å². The van der Waals surface area contributed by atoms with E-state index >= 15 is 0 Å². The largest absolute Gasteiger partial charge is 0.382 e. The van der Waals surface area contributed by atoms with Crippen LogP contribution in [-0.2, 0) is 50.3 Å². The second-order valence-electron chi connectivity index (χ2n) is 11.1. The minimum absolute atomic E-state index is 0.0808. The maximum atomic E-state index is 13.7. The van der Waals surface area contributed by atoms with E-state index in [4.69, 9.17) is 13.7 Å². The van der Waals surface area contributed by atoms with Crippen LogP contribution in [0.4, 0.5) is 0 Å². The number of rotatable bonds is 19. The number of hydrogen-bond donors (Lipinski definition) is 4. The Morgan fingerprint density at radius 1 is 0.854 bits per heavy atom. The standard InChI is InChI=1S/C32H40N4O10S2/c1-21-33-16-27(47-21)31(40)36-26(18-45-4)30(39)35-25(17-44-3)29(38)34-24(15-22-11-7-5-8-12-22)28(37)32(2,41)20-46-48(42,43)19-23-13-9-6-10-14-23/h5-14,16,24-26,41H,15,17-20H2,1-4H3,(H,34,38)(H,35,39)(H,36,40)/t24-,25-,26-,32+/m0/s1. The number of aliphatic hydroxyl groups is 1. The van der Waals surface area contributed by atoms with Crippen LogP contribution in [0, 0.1) is 6.92 Å². The molecule has 3 aromatic rings. The fraction of sp³-hybridized carbons (Fsp3) is 0.406. The Morgan fingerprint density at radius 3 is 1.90 bits per heavy atom. The van der Waals surface area contributed by atoms with Crippen molar-refractivity contribution in [3.05, 3.63) is 87.9 Å². The van der Waals surface area contributed by atoms with Crippen molar-refractivity contribution >= 4 is 45.0 Å². The third-order valence-electron chi connectivity index (χ3n) is 6.92. The molecule has 2 aromatic carbocycles. The maximum absolute atomic E-state index is 13.7. The van der Waals surface area contributed by atoms with E-state index < -0.39 is 69.7 Å². The molecule has 0 spiro atoms. The van der Waals surface area contributed by atoms with Crippen LogP contribution in [0.5, 0.6) is 0 Å². The molecule has 14 nitrogen and oxygen atoms in total. The highest BCUT2D eigenvalue weighted by molar-refractivity contribution is 7.85. The van der Waals surface area contributed by atoms with Crippen molar-refractivity contribution in [3.8, 4) is 0 Å². The number of ketones is 1. The van der Waals surface area contributed by atoms with Gasteiger partial charge in [-0.25, -0.2) is 4.98 Å². The molecule has 260 valence electrons. The molecule has 0 fully saturated rings. The number of ether oxygens (including phenoxy) is 2. The van der Waals surface area contributed by atoms with E-state index in [-0.39, 0.29) is 24.5 Å². The molecular weight excluding hydrogens is 665 g/mol. The predicted molar refractivity (Wildman–Crippen MR) is 177 cm³/mol. The minimum Gasteiger partial charge on any atom is -0.382 e. The summed E-state index contributed by atoms with van der Waals surface area (Å²) < 4.78 is 40.5. The normalized spacial score (nSPS) is 14.6. The number of hydrogen-bond acceptors (Lipinski definition) is 12. The van der Waals surface area contributed by atoms with E-state index in [0.717, 1.165) is 18.3 Å². The summed E-state index contributed by atoms with van der Waals surface area (Å²) in [4.78, 5) is 57.5. The molecule has 0 aliphatic rings. The second kappa shape index (κ2) is 17.9. The molecule has 0 unspecified atom stereocenters. The average molecular weight is 705 g/mol. The van der Waals surface area contributed by atoms with Crippen molar-refractivity contribution in [3.63, 3.8) is 0 Å². The van der Waals surface area contributed by atoms with E-state index in [1.807, 2.05) is 0 Å². The summed E-state index contributed by atoms with van der Waals surface area (Å²) in [6.07, 6.45) is 1.30. The van der Waals surface area contributed by atoms with Crippen molar-refractivity contribution in [1.29, 1.82) is 0 Å². The first-order valence-corrected chi connectivity index (χ1v) is 17.2. The van der Waals surface area contributed by atoms with Gasteiger partial charge in [-0.15, -0.1) is 11.3 Å². The molecule has 0 saturated heterocycles. The number of Topliss-reactive ketones (excluding diaryl/α,β-unsaturated/α-hetero) is 1. The van der Waals surface area contributed by atoms with Gasteiger partial charge in [0, 0.05) is 14.2 Å². The van der Waals surface area contributed by atoms with E-state index in [1.165, 1.54) is 20.4 Å². The zero-order valence-electron chi connectivity index (χ0n) is 27.0. The summed E-state index contributed by atoms with van der Waals surface area (Å²) >= 11 is 1.14. The van der Waals surface area contributed by atoms with Crippen LogP contribution in [0.15, 0.2) is 66.9 Å². The molecule has 0 aliphatic heterocycles. The number of methoxy groups -OCH3 is 2. The highest BCUT2D eigenvalue weighted by Gasteiger charge is 2.39. The van der Waals surface area contributed by atoms with Gasteiger partial charge in [0.05, 0.1) is 30.5 Å². The highest BCUT2D eigenvalue weighted by atomic mass is 32.2. The maximum Gasteiger partial charge on any atom is 0.271 e. The molecular formula is C32H40N4O10S2. The summed E-state index contributed by atoms with van der Waals surface area (Å²) in [5.74, 6) is -3.57. The predicted octanol–water partition coefficient (Wildman–Crippen LogP) is 0.922. The first kappa shape index (κ1) is 38.4. The number of amides is 3. The quantitative estimate of drug-likeness (QED) is 0.129. The van der Waals surface area contributed by atoms with E-state index in [0.29, 0.717) is 16.1 Å². The summed E-state index contributed by atoms with van der Waals surface area (Å²) in [6, 6.07) is 12.9. The Kier molecular flexibility index (Phi) is 14.3. The number of aromatic nitrogens is 1. The first-order chi connectivity index (χ1) is 22.7. The molecule has 16 heteroatoms. The Morgan fingerprint density at radius 2 is 1.38 bits per heavy atom. The minimum atomic E-state index is -4.19. The number of benzene rings is 2. The average Bonchev–Trinajstić information content (AvgIpc) is 3.50. The van der Waals surface area contributed by atoms with Gasteiger partial charge < -0.3 is 30.5 Å². The summed E-state index contributed by atoms with van der Waals surface area (Å²) in [6.45, 7) is 1.38. The third-order valence-corrected chi connectivity index (χ3v) is 8.99. The van der Waals surface area contributed by atoms with Crippen molar-refractivity contribution in [2.75, 3.05) is 34.0 Å². The summed E-state index contributed by atoms with van der Waals surface area (Å²) in [5.41, 5.74) is -1.27. The fourth-order valence-corrected chi connectivity index (χ4v) is 6.24. The molecule has 0 saturated carbocycles. The van der Waals surface area contributed by atoms with Gasteiger partial charge in [-0.05, 0) is 31.4 Å². The second-order valence-corrected chi connectivity index (χ2v) is 14.0. The van der Waals surface area contributed by atoms with Gasteiger partial charge in [0.1, 0.15) is 34.9 Å². The fourth-order valence-electron chi connectivity index (χ4n) is 4.47. The van der Waals surface area contributed by atoms with Gasteiger partial charge in [-0.3, -0.25) is 23.4 Å². The van der Waals surface area contributed by atoms with Gasteiger partial charge in [0.2, 0.25) is 11.8 Å². The summed E-state index contributed by atoms with van der Waals surface area (Å²) in [5, 5.41) is 19.4. The van der Waals surface area contributed by atoms with Crippen LogP contribution in [0.3, 0.4) is 0 Å². The van der Waals surface area contributed by atoms with Gasteiger partial charge in [0.15, 0.2) is 5.78 Å². The van der Waals surface area contributed by atoms with E-state index in [9.17, 15) is 32.7 Å². The number of carbonyl (C=O) groups is 4. The molecule has 0 radical (unpaired) electrons. The smallest absolute Gasteiger partial charge is 0.271 e. The molecule has 4 atom stereocenters. The lowest BCUT2D eigenvalue weighted by atomic mass is 9.91. The van der Waals surface area contributed by atoms with Crippen molar-refractivity contribution in [2.24, 2.45) is 0 Å². The Labute approximate surface area is 283 Å². The van der Waals surface area contributed by atoms with Gasteiger partial charge >= 0.3 is 0 Å². The van der Waals surface area contributed by atoms with Crippen LogP contribution in [0.2, 0.25) is 0 Å². The lowest BCUT2D eigenvalue weighted by Gasteiger charge is -2.29. The number of thiazole rings is 1. The zero-order chi connectivity index (χ0) is 35.3. The molecule has 4 N–H and O–H groups in total. The van der Waals surface area contributed by atoms with Gasteiger partial charge in [0.25, 0.3) is 16.0 Å². The van der Waals surface area contributed by atoms with Crippen LogP contribution in [-0.4, -0.2) is 99.8 Å². The van der Waals surface area contributed by atoms with E-state index in [2.05, 4.69) is 20.9 Å². The van der Waals surface area contributed by atoms with Crippen LogP contribution < -0.4 is 16.0 Å². The highest BCUT2D eigenvalue weighted by Crippen LogP contribution is 2.17. The van der Waals surface area contributed by atoms with Crippen LogP contribution in [0.1, 0.15) is 32.7 Å². The van der Waals surface area contributed by atoms with Crippen molar-refractivity contribution < 1.29 is 46.4 Å². The molecule has 3 amide bonds. The molecule has 0 bridgehead atoms. The Balaban J connectivity index is 1.76. The monoisotopic (exact) mass is 704 g/mol. The lowest BCUT2D eigenvalue weighted by molar-refractivity contribution is -0.143. The molecule has 0 aliphatic carbocycles. The lowest BCUT2D eigenvalue weighted by Crippen LogP contribution is -2.60.